The second-order valence-corrected chi connectivity index (χ2v) is 6.01. The van der Waals surface area contributed by atoms with Crippen molar-refractivity contribution in [1.29, 1.82) is 0 Å². The molecular weight excluding hydrogens is 456 g/mol. The largest absolute Gasteiger partial charge is 0.421 e. The van der Waals surface area contributed by atoms with E-state index in [2.05, 4.69) is 56.7 Å². The Morgan fingerprint density at radius 3 is 2.67 bits per heavy atom. The Morgan fingerprint density at radius 1 is 1.28 bits per heavy atom. The number of aromatic nitrogens is 1. The summed E-state index contributed by atoms with van der Waals surface area (Å²) in [4.78, 5) is 16.0. The van der Waals surface area contributed by atoms with Crippen molar-refractivity contribution >= 4 is 62.1 Å². The molecule has 0 fully saturated rings. The molecule has 1 aromatic carbocycles. The quantitative estimate of drug-likeness (QED) is 0.222. The van der Waals surface area contributed by atoms with Crippen LogP contribution in [0.25, 0.3) is 10.9 Å². The summed E-state index contributed by atoms with van der Waals surface area (Å²) < 4.78 is 7.22. The zero-order valence-electron chi connectivity index (χ0n) is 9.54. The average molecular weight is 465 g/mol. The molecule has 0 N–H and O–H groups in total. The molecule has 0 aliphatic rings. The van der Waals surface area contributed by atoms with Crippen LogP contribution in [0.5, 0.6) is 5.75 Å². The maximum atomic E-state index is 11.6. The molecule has 0 spiro atoms. The molecule has 1 heterocycles. The molecule has 3 nitrogen and oxygen atoms in total. The van der Waals surface area contributed by atoms with Gasteiger partial charge in [-0.2, -0.15) is 0 Å². The lowest BCUT2D eigenvalue weighted by molar-refractivity contribution is -0.129. The lowest BCUT2D eigenvalue weighted by Crippen LogP contribution is -2.09. The lowest BCUT2D eigenvalue weighted by Gasteiger charge is -2.08. The van der Waals surface area contributed by atoms with Crippen LogP contribution in [0.4, 0.5) is 0 Å². The van der Waals surface area contributed by atoms with Gasteiger partial charge in [-0.05, 0) is 76.4 Å². The molecule has 0 bridgehead atoms. The van der Waals surface area contributed by atoms with Crippen LogP contribution in [0, 0.1) is 7.27 Å². The molecule has 2 aromatic rings. The number of carbonyl (C=O) groups is 1. The van der Waals surface area contributed by atoms with Gasteiger partial charge in [-0.25, -0.2) is 9.78 Å². The monoisotopic (exact) mass is 465 g/mol. The normalized spacial score (nSPS) is 10.4. The number of carbonyl (C=O) groups excluding carboxylic acids is 1. The summed E-state index contributed by atoms with van der Waals surface area (Å²) in [6.07, 6.45) is 0. The second-order valence-electron chi connectivity index (χ2n) is 3.75. The van der Waals surface area contributed by atoms with Crippen molar-refractivity contribution in [3.05, 3.63) is 43.7 Å². The second kappa shape index (κ2) is 5.52. The fourth-order valence-corrected chi connectivity index (χ4v) is 2.44. The number of hydrogen-bond donors (Lipinski definition) is 0. The smallest absolute Gasteiger partial charge is 0.338 e. The minimum absolute atomic E-state index is 0.368. The molecule has 1 aromatic heterocycles. The SMILES string of the molecule is C=C(C)C(=O)Oc1ccc(I)c2ccc(I)nc12. The van der Waals surface area contributed by atoms with E-state index in [0.717, 1.165) is 12.7 Å². The van der Waals surface area contributed by atoms with E-state index in [0.29, 0.717) is 16.8 Å². The molecule has 92 valence electrons. The number of hydrogen-bond acceptors (Lipinski definition) is 3. The van der Waals surface area contributed by atoms with Gasteiger partial charge in [0.25, 0.3) is 0 Å². The van der Waals surface area contributed by atoms with Crippen molar-refractivity contribution in [1.82, 2.24) is 4.98 Å². The summed E-state index contributed by atoms with van der Waals surface area (Å²) in [5.74, 6) is 0.0371. The summed E-state index contributed by atoms with van der Waals surface area (Å²) in [6, 6.07) is 7.56. The van der Waals surface area contributed by atoms with Gasteiger partial charge in [-0.3, -0.25) is 0 Å². The van der Waals surface area contributed by atoms with Gasteiger partial charge < -0.3 is 4.74 Å². The molecule has 0 saturated carbocycles. The zero-order valence-corrected chi connectivity index (χ0v) is 13.9. The number of fused-ring (bicyclic) bond motifs is 1. The van der Waals surface area contributed by atoms with Crippen molar-refractivity contribution in [3.8, 4) is 5.75 Å². The minimum Gasteiger partial charge on any atom is -0.421 e. The molecule has 0 radical (unpaired) electrons. The molecule has 2 rings (SSSR count). The Kier molecular flexibility index (Phi) is 4.21. The number of esters is 1. The van der Waals surface area contributed by atoms with Crippen molar-refractivity contribution in [3.63, 3.8) is 0 Å². The van der Waals surface area contributed by atoms with Crippen LogP contribution in [0.1, 0.15) is 6.92 Å². The molecule has 5 heteroatoms. The van der Waals surface area contributed by atoms with Crippen molar-refractivity contribution < 1.29 is 9.53 Å². The number of pyridine rings is 1. The van der Waals surface area contributed by atoms with Crippen LogP contribution < -0.4 is 4.74 Å². The lowest BCUT2D eigenvalue weighted by atomic mass is 10.2. The number of nitrogens with zero attached hydrogens (tertiary/aromatic N) is 1. The highest BCUT2D eigenvalue weighted by Crippen LogP contribution is 2.29. The minimum atomic E-state index is -0.432. The first kappa shape index (κ1) is 13.7. The molecule has 0 aliphatic heterocycles. The summed E-state index contributed by atoms with van der Waals surface area (Å²) in [6.45, 7) is 5.19. The molecule has 0 saturated heterocycles. The molecule has 0 atom stereocenters. The van der Waals surface area contributed by atoms with Crippen LogP contribution in [0.3, 0.4) is 0 Å². The first-order chi connectivity index (χ1) is 8.49. The zero-order chi connectivity index (χ0) is 13.3. The average Bonchev–Trinajstić information content (AvgIpc) is 2.32. The third-order valence-corrected chi connectivity index (χ3v) is 3.83. The third-order valence-electron chi connectivity index (χ3n) is 2.28. The standard InChI is InChI=1S/C13H9I2NO2/c1-7(2)13(17)18-10-5-4-9(14)8-3-6-11(15)16-12(8)10/h3-6H,1H2,2H3. The van der Waals surface area contributed by atoms with E-state index in [-0.39, 0.29) is 0 Å². The Bertz CT molecular complexity index is 653. The van der Waals surface area contributed by atoms with Gasteiger partial charge in [0.2, 0.25) is 0 Å². The fraction of sp³-hybridized carbons (Fsp3) is 0.0769. The first-order valence-corrected chi connectivity index (χ1v) is 7.27. The first-order valence-electron chi connectivity index (χ1n) is 5.11. The number of benzene rings is 1. The van der Waals surface area contributed by atoms with Gasteiger partial charge in [-0.15, -0.1) is 0 Å². The topological polar surface area (TPSA) is 39.2 Å². The number of ether oxygens (including phenoxy) is 1. The molecular formula is C13H9I2NO2. The Hall–Kier alpha value is -0.700. The van der Waals surface area contributed by atoms with Gasteiger partial charge in [-0.1, -0.05) is 6.58 Å². The highest BCUT2D eigenvalue weighted by atomic mass is 127. The van der Waals surface area contributed by atoms with Crippen LogP contribution in [0.15, 0.2) is 36.4 Å². The van der Waals surface area contributed by atoms with Crippen LogP contribution in [-0.2, 0) is 4.79 Å². The summed E-state index contributed by atoms with van der Waals surface area (Å²) in [5, 5.41) is 0.975. The van der Waals surface area contributed by atoms with Gasteiger partial charge in [0.05, 0.1) is 0 Å². The highest BCUT2D eigenvalue weighted by Gasteiger charge is 2.12. The van der Waals surface area contributed by atoms with Crippen LogP contribution >= 0.6 is 45.2 Å². The fourth-order valence-electron chi connectivity index (χ4n) is 1.40. The van der Waals surface area contributed by atoms with Crippen LogP contribution in [-0.4, -0.2) is 11.0 Å². The third kappa shape index (κ3) is 2.82. The number of rotatable bonds is 2. The molecule has 0 amide bonds. The number of halogens is 2. The molecule has 0 aliphatic carbocycles. The van der Waals surface area contributed by atoms with E-state index >= 15 is 0 Å². The highest BCUT2D eigenvalue weighted by molar-refractivity contribution is 14.1. The van der Waals surface area contributed by atoms with Gasteiger partial charge >= 0.3 is 5.97 Å². The Labute approximate surface area is 132 Å². The van der Waals surface area contributed by atoms with E-state index < -0.39 is 5.97 Å². The van der Waals surface area contributed by atoms with E-state index in [1.807, 2.05) is 18.2 Å². The van der Waals surface area contributed by atoms with Crippen molar-refractivity contribution in [2.75, 3.05) is 0 Å². The summed E-state index contributed by atoms with van der Waals surface area (Å²) in [7, 11) is 0. The van der Waals surface area contributed by atoms with Crippen molar-refractivity contribution in [2.24, 2.45) is 0 Å². The molecule has 0 unspecified atom stereocenters. The predicted octanol–water partition coefficient (Wildman–Crippen LogP) is 3.93. The van der Waals surface area contributed by atoms with Crippen molar-refractivity contribution in [2.45, 2.75) is 6.92 Å². The maximum Gasteiger partial charge on any atom is 0.338 e. The van der Waals surface area contributed by atoms with Gasteiger partial charge in [0.15, 0.2) is 5.75 Å². The van der Waals surface area contributed by atoms with Gasteiger partial charge in [0, 0.05) is 14.5 Å². The summed E-state index contributed by atoms with van der Waals surface area (Å²) >= 11 is 4.36. The van der Waals surface area contributed by atoms with E-state index in [9.17, 15) is 4.79 Å². The maximum absolute atomic E-state index is 11.6. The van der Waals surface area contributed by atoms with E-state index in [4.69, 9.17) is 4.74 Å². The molecule has 18 heavy (non-hydrogen) atoms. The van der Waals surface area contributed by atoms with E-state index in [1.165, 1.54) is 0 Å². The van der Waals surface area contributed by atoms with Crippen LogP contribution in [0.2, 0.25) is 0 Å². The van der Waals surface area contributed by atoms with Gasteiger partial charge in [0.1, 0.15) is 9.22 Å². The Balaban J connectivity index is 2.57. The Morgan fingerprint density at radius 2 is 2.00 bits per heavy atom. The predicted molar refractivity (Wildman–Crippen MR) is 87.6 cm³/mol. The van der Waals surface area contributed by atoms with E-state index in [1.54, 1.807) is 13.0 Å². The summed E-state index contributed by atoms with van der Waals surface area (Å²) in [5.41, 5.74) is 1.07.